The highest BCUT2D eigenvalue weighted by atomic mass is 16.3. The van der Waals surface area contributed by atoms with Gasteiger partial charge in [0.2, 0.25) is 11.8 Å². The standard InChI is InChI=1S/C20H22N10O2/c31-16-14(25-19(32)27-16)7-12-8-23-30-15(12)26-17(28-18(30)24-13-1-2-13)22-9-20(3-4-20)10-29-6-5-21-11-29/h5-8,11,13,31H,1-4,9-10H2,(H,22,24,28)(H2,25,27,32). The summed E-state index contributed by atoms with van der Waals surface area (Å²) in [4.78, 5) is 34.4. The molecule has 32 heavy (non-hydrogen) atoms. The van der Waals surface area contributed by atoms with Gasteiger partial charge in [-0.1, -0.05) is 0 Å². The Hall–Kier alpha value is -3.96. The second-order valence-electron chi connectivity index (χ2n) is 8.62. The van der Waals surface area contributed by atoms with Crippen molar-refractivity contribution in [2.75, 3.05) is 11.9 Å². The molecule has 0 aromatic carbocycles. The number of aromatic hydroxyl groups is 1. The minimum Gasteiger partial charge on any atom is -0.493 e. The van der Waals surface area contributed by atoms with Gasteiger partial charge in [-0.3, -0.25) is 4.98 Å². The smallest absolute Gasteiger partial charge is 0.326 e. The number of fused-ring (bicyclic) bond motifs is 1. The molecule has 0 unspecified atom stereocenters. The van der Waals surface area contributed by atoms with E-state index < -0.39 is 5.69 Å². The summed E-state index contributed by atoms with van der Waals surface area (Å²) in [5, 5.41) is 18.3. The molecule has 6 rings (SSSR count). The third kappa shape index (κ3) is 3.63. The lowest BCUT2D eigenvalue weighted by Gasteiger charge is -2.16. The molecule has 0 radical (unpaired) electrons. The van der Waals surface area contributed by atoms with Crippen LogP contribution in [0.3, 0.4) is 0 Å². The van der Waals surface area contributed by atoms with E-state index in [4.69, 9.17) is 4.99 Å². The number of anilines is 1. The third-order valence-electron chi connectivity index (χ3n) is 5.91. The minimum absolute atomic E-state index is 0.162. The van der Waals surface area contributed by atoms with Crippen LogP contribution in [0.25, 0.3) is 11.7 Å². The van der Waals surface area contributed by atoms with Crippen LogP contribution < -0.4 is 21.8 Å². The van der Waals surface area contributed by atoms with E-state index in [1.807, 2.05) is 12.5 Å². The van der Waals surface area contributed by atoms with Crippen LogP contribution in [0.5, 0.6) is 5.88 Å². The topological polar surface area (TPSA) is 154 Å². The van der Waals surface area contributed by atoms with E-state index in [0.717, 1.165) is 38.8 Å². The highest BCUT2D eigenvalue weighted by Crippen LogP contribution is 2.46. The third-order valence-corrected chi connectivity index (χ3v) is 5.91. The van der Waals surface area contributed by atoms with Gasteiger partial charge in [0.1, 0.15) is 5.69 Å². The SMILES string of the molecule is O=c1[nH]c(O)c(C=c2cnn3c(=NC4CC4)nc(NCC4(Cn5ccnc5)CC4)nc23)[nH]1. The van der Waals surface area contributed by atoms with Crippen LogP contribution in [0.2, 0.25) is 0 Å². The van der Waals surface area contributed by atoms with E-state index in [2.05, 4.69) is 39.9 Å². The van der Waals surface area contributed by atoms with Crippen LogP contribution >= 0.6 is 0 Å². The average molecular weight is 434 g/mol. The molecule has 12 nitrogen and oxygen atoms in total. The van der Waals surface area contributed by atoms with Crippen molar-refractivity contribution in [3.05, 3.63) is 51.9 Å². The molecule has 0 atom stereocenters. The van der Waals surface area contributed by atoms with Gasteiger partial charge in [0, 0.05) is 36.1 Å². The molecular formula is C20H22N10O2. The van der Waals surface area contributed by atoms with Crippen molar-refractivity contribution in [2.24, 2.45) is 10.4 Å². The number of H-pyrrole nitrogens is 2. The zero-order chi connectivity index (χ0) is 21.7. The Kier molecular flexibility index (Phi) is 4.13. The largest absolute Gasteiger partial charge is 0.493 e. The second kappa shape index (κ2) is 7.04. The number of hydrogen-bond acceptors (Lipinski definition) is 8. The predicted molar refractivity (Wildman–Crippen MR) is 114 cm³/mol. The fraction of sp³-hybridized carbons (Fsp3) is 0.400. The van der Waals surface area contributed by atoms with Gasteiger partial charge in [-0.2, -0.15) is 19.6 Å². The van der Waals surface area contributed by atoms with Crippen LogP contribution in [-0.4, -0.2) is 56.8 Å². The van der Waals surface area contributed by atoms with Crippen molar-refractivity contribution < 1.29 is 5.11 Å². The molecule has 0 bridgehead atoms. The fourth-order valence-corrected chi connectivity index (χ4v) is 3.76. The van der Waals surface area contributed by atoms with Gasteiger partial charge >= 0.3 is 5.69 Å². The summed E-state index contributed by atoms with van der Waals surface area (Å²) in [6.07, 6.45) is 13.2. The second-order valence-corrected chi connectivity index (χ2v) is 8.62. The Bertz CT molecular complexity index is 1450. The summed E-state index contributed by atoms with van der Waals surface area (Å²) >= 11 is 0. The van der Waals surface area contributed by atoms with Gasteiger partial charge < -0.3 is 20.0 Å². The van der Waals surface area contributed by atoms with Gasteiger partial charge in [-0.05, 0) is 31.8 Å². The fourth-order valence-electron chi connectivity index (χ4n) is 3.76. The highest BCUT2D eigenvalue weighted by molar-refractivity contribution is 5.57. The number of rotatable bonds is 7. The number of hydrogen-bond donors (Lipinski definition) is 4. The first kappa shape index (κ1) is 18.8. The van der Waals surface area contributed by atoms with E-state index in [1.54, 1.807) is 23.0 Å². The Balaban J connectivity index is 1.36. The summed E-state index contributed by atoms with van der Waals surface area (Å²) in [7, 11) is 0. The lowest BCUT2D eigenvalue weighted by Crippen LogP contribution is -2.27. The summed E-state index contributed by atoms with van der Waals surface area (Å²) in [5.74, 6) is 0.246. The molecule has 0 aliphatic heterocycles. The van der Waals surface area contributed by atoms with E-state index in [-0.39, 0.29) is 23.0 Å². The molecule has 2 fully saturated rings. The Morgan fingerprint density at radius 1 is 1.31 bits per heavy atom. The van der Waals surface area contributed by atoms with Crippen LogP contribution in [-0.2, 0) is 6.54 Å². The van der Waals surface area contributed by atoms with Gasteiger partial charge in [0.05, 0.1) is 18.6 Å². The van der Waals surface area contributed by atoms with E-state index >= 15 is 0 Å². The van der Waals surface area contributed by atoms with Crippen LogP contribution in [0.1, 0.15) is 31.4 Å². The first-order valence-corrected chi connectivity index (χ1v) is 10.6. The average Bonchev–Trinajstić information content (AvgIpc) is 3.59. The molecule has 0 saturated heterocycles. The minimum atomic E-state index is -0.487. The molecule has 2 saturated carbocycles. The Morgan fingerprint density at radius 3 is 2.88 bits per heavy atom. The quantitative estimate of drug-likeness (QED) is 0.307. The molecule has 2 aliphatic carbocycles. The molecule has 0 amide bonds. The van der Waals surface area contributed by atoms with Crippen molar-refractivity contribution in [2.45, 2.75) is 38.3 Å². The predicted octanol–water partition coefficient (Wildman–Crippen LogP) is -0.454. The van der Waals surface area contributed by atoms with Gasteiger partial charge in [0.15, 0.2) is 5.65 Å². The molecular weight excluding hydrogens is 412 g/mol. The molecule has 0 spiro atoms. The maximum absolute atomic E-state index is 11.5. The molecule has 4 N–H and O–H groups in total. The Morgan fingerprint density at radius 2 is 2.19 bits per heavy atom. The monoisotopic (exact) mass is 434 g/mol. The molecule has 4 aromatic heterocycles. The zero-order valence-electron chi connectivity index (χ0n) is 17.2. The lowest BCUT2D eigenvalue weighted by atomic mass is 10.1. The van der Waals surface area contributed by atoms with Crippen molar-refractivity contribution in [1.29, 1.82) is 0 Å². The van der Waals surface area contributed by atoms with Crippen molar-refractivity contribution in [1.82, 2.24) is 39.1 Å². The number of nitrogens with zero attached hydrogens (tertiary/aromatic N) is 7. The van der Waals surface area contributed by atoms with Crippen LogP contribution in [0.15, 0.2) is 34.7 Å². The van der Waals surface area contributed by atoms with Crippen LogP contribution in [0.4, 0.5) is 5.95 Å². The summed E-state index contributed by atoms with van der Waals surface area (Å²) in [5.41, 5.74) is 0.971. The van der Waals surface area contributed by atoms with Crippen molar-refractivity contribution in [3.8, 4) is 5.88 Å². The lowest BCUT2D eigenvalue weighted by molar-refractivity contribution is 0.443. The number of aromatic nitrogens is 8. The number of aromatic amines is 2. The first-order chi connectivity index (χ1) is 15.6. The van der Waals surface area contributed by atoms with E-state index in [0.29, 0.717) is 22.4 Å². The van der Waals surface area contributed by atoms with Gasteiger partial charge in [-0.25, -0.2) is 14.8 Å². The highest BCUT2D eigenvalue weighted by Gasteiger charge is 2.42. The number of imidazole rings is 2. The molecule has 12 heteroatoms. The summed E-state index contributed by atoms with van der Waals surface area (Å²) in [6.45, 7) is 1.64. The normalized spacial score (nSPS) is 18.5. The Labute approximate surface area is 180 Å². The van der Waals surface area contributed by atoms with Crippen molar-refractivity contribution in [3.63, 3.8) is 0 Å². The van der Waals surface area contributed by atoms with Gasteiger partial charge in [0.25, 0.3) is 5.62 Å². The van der Waals surface area contributed by atoms with E-state index in [9.17, 15) is 9.90 Å². The number of nitrogens with one attached hydrogen (secondary N) is 3. The summed E-state index contributed by atoms with van der Waals surface area (Å²) < 4.78 is 3.69. The first-order valence-electron chi connectivity index (χ1n) is 10.6. The maximum atomic E-state index is 11.5. The van der Waals surface area contributed by atoms with Crippen molar-refractivity contribution >= 4 is 17.7 Å². The molecule has 4 heterocycles. The molecule has 164 valence electrons. The molecule has 2 aliphatic rings. The zero-order valence-corrected chi connectivity index (χ0v) is 17.2. The van der Waals surface area contributed by atoms with E-state index in [1.165, 1.54) is 0 Å². The van der Waals surface area contributed by atoms with Gasteiger partial charge in [-0.15, -0.1) is 0 Å². The maximum Gasteiger partial charge on any atom is 0.326 e. The van der Waals surface area contributed by atoms with Crippen LogP contribution in [0, 0.1) is 5.41 Å². The molecule has 4 aromatic rings. The summed E-state index contributed by atoms with van der Waals surface area (Å²) in [6, 6.07) is 0.263.